The second-order valence-electron chi connectivity index (χ2n) is 12.2. The maximum Gasteiger partial charge on any atom is 0.271 e. The summed E-state index contributed by atoms with van der Waals surface area (Å²) >= 11 is 0. The minimum atomic E-state index is -1.47. The molecule has 0 aliphatic rings. The predicted molar refractivity (Wildman–Crippen MR) is 174 cm³/mol. The Labute approximate surface area is 262 Å². The number of fused-ring (bicyclic) bond motifs is 2. The van der Waals surface area contributed by atoms with Gasteiger partial charge in [-0.25, -0.2) is 9.37 Å². The van der Waals surface area contributed by atoms with Crippen molar-refractivity contribution in [2.24, 2.45) is 5.92 Å². The van der Waals surface area contributed by atoms with E-state index >= 15 is 0 Å². The molecule has 0 aliphatic carbocycles. The van der Waals surface area contributed by atoms with Gasteiger partial charge in [0.2, 0.25) is 5.91 Å². The molecule has 0 spiro atoms. The third-order valence-electron chi connectivity index (χ3n) is 8.11. The summed E-state index contributed by atoms with van der Waals surface area (Å²) in [7, 11) is 0. The highest BCUT2D eigenvalue weighted by molar-refractivity contribution is 5.94. The van der Waals surface area contributed by atoms with Gasteiger partial charge in [0.05, 0.1) is 29.4 Å². The van der Waals surface area contributed by atoms with Gasteiger partial charge in [0.25, 0.3) is 5.91 Å². The van der Waals surface area contributed by atoms with Crippen LogP contribution >= 0.6 is 0 Å². The highest BCUT2D eigenvalue weighted by atomic mass is 19.1. The summed E-state index contributed by atoms with van der Waals surface area (Å²) in [4.78, 5) is 38.9. The van der Waals surface area contributed by atoms with E-state index in [2.05, 4.69) is 25.6 Å². The van der Waals surface area contributed by atoms with E-state index in [-0.39, 0.29) is 30.9 Å². The molecule has 0 fully saturated rings. The van der Waals surface area contributed by atoms with Gasteiger partial charge in [-0.05, 0) is 75.3 Å². The molecular formula is C36H40FN5O3. The molecular weight excluding hydrogens is 569 g/mol. The van der Waals surface area contributed by atoms with Gasteiger partial charge in [-0.3, -0.25) is 14.6 Å². The number of halogens is 1. The van der Waals surface area contributed by atoms with E-state index in [1.165, 1.54) is 20.0 Å². The number of benzene rings is 3. The van der Waals surface area contributed by atoms with E-state index in [4.69, 9.17) is 0 Å². The van der Waals surface area contributed by atoms with E-state index in [0.717, 1.165) is 22.0 Å². The molecule has 0 saturated carbocycles. The van der Waals surface area contributed by atoms with Crippen LogP contribution in [0.5, 0.6) is 0 Å². The van der Waals surface area contributed by atoms with Crippen LogP contribution in [0.4, 0.5) is 4.39 Å². The van der Waals surface area contributed by atoms with Crippen LogP contribution in [-0.4, -0.2) is 56.2 Å². The van der Waals surface area contributed by atoms with Gasteiger partial charge in [-0.2, -0.15) is 0 Å². The number of hydrogen-bond acceptors (Lipinski definition) is 5. The zero-order valence-corrected chi connectivity index (χ0v) is 25.7. The maximum absolute atomic E-state index is 14.6. The number of nitrogens with one attached hydrogen (secondary N) is 3. The summed E-state index contributed by atoms with van der Waals surface area (Å²) < 4.78 is 14.6. The average molecular weight is 610 g/mol. The number of H-pyrrole nitrogens is 1. The molecule has 2 heterocycles. The van der Waals surface area contributed by atoms with E-state index in [0.29, 0.717) is 30.4 Å². The van der Waals surface area contributed by atoms with Crippen LogP contribution in [0.2, 0.25) is 0 Å². The molecule has 0 saturated heterocycles. The van der Waals surface area contributed by atoms with Crippen molar-refractivity contribution in [3.05, 3.63) is 108 Å². The van der Waals surface area contributed by atoms with Gasteiger partial charge in [0, 0.05) is 29.6 Å². The fraction of sp³-hybridized carbons (Fsp3) is 0.333. The van der Waals surface area contributed by atoms with Crippen LogP contribution in [0.3, 0.4) is 0 Å². The van der Waals surface area contributed by atoms with Crippen LogP contribution in [0.25, 0.3) is 21.9 Å². The van der Waals surface area contributed by atoms with E-state index in [9.17, 15) is 19.1 Å². The van der Waals surface area contributed by atoms with Crippen molar-refractivity contribution in [2.45, 2.75) is 63.8 Å². The second-order valence-corrected chi connectivity index (χ2v) is 12.2. The van der Waals surface area contributed by atoms with E-state index in [1.807, 2.05) is 79.0 Å². The lowest BCUT2D eigenvalue weighted by Crippen LogP contribution is -2.47. The lowest BCUT2D eigenvalue weighted by Gasteiger charge is -2.28. The summed E-state index contributed by atoms with van der Waals surface area (Å²) in [6, 6.07) is 24.0. The van der Waals surface area contributed by atoms with E-state index in [1.54, 1.807) is 6.07 Å². The molecule has 3 aromatic carbocycles. The Hall–Kier alpha value is -4.63. The lowest BCUT2D eigenvalue weighted by atomic mass is 9.87. The minimum absolute atomic E-state index is 0.0518. The highest BCUT2D eigenvalue weighted by Gasteiger charge is 2.30. The van der Waals surface area contributed by atoms with Crippen molar-refractivity contribution in [1.29, 1.82) is 0 Å². The molecule has 5 rings (SSSR count). The number of aliphatic hydroxyl groups excluding tert-OH is 1. The standard InChI is InChI=1S/C36H40FN5O3/c1-36(2,37)18-16-25(34(44)38-19-17-26-22-39-28-13-7-6-12-27(26)28)21-33(43)31(20-24-10-4-3-5-11-24)42-35(45)32-23-40-29-14-8-9-15-30(29)41-32/h3-15,22-23,25,31,33,39,43H,16-21H2,1-2H3,(H,38,44)(H,42,45)/t25-,31+,33+/m1/s1. The smallest absolute Gasteiger partial charge is 0.271 e. The topological polar surface area (TPSA) is 120 Å². The highest BCUT2D eigenvalue weighted by Crippen LogP contribution is 2.25. The molecule has 0 radical (unpaired) electrons. The molecule has 8 nitrogen and oxygen atoms in total. The quantitative estimate of drug-likeness (QED) is 0.129. The maximum atomic E-state index is 14.6. The number of alkyl halides is 1. The van der Waals surface area contributed by atoms with Crippen LogP contribution in [0, 0.1) is 5.92 Å². The monoisotopic (exact) mass is 609 g/mol. The van der Waals surface area contributed by atoms with Gasteiger partial charge in [0.15, 0.2) is 0 Å². The molecule has 0 aliphatic heterocycles. The first-order valence-corrected chi connectivity index (χ1v) is 15.4. The van der Waals surface area contributed by atoms with Crippen LogP contribution in [0.15, 0.2) is 91.3 Å². The molecule has 5 aromatic rings. The third-order valence-corrected chi connectivity index (χ3v) is 8.11. The summed E-state index contributed by atoms with van der Waals surface area (Å²) in [5.74, 6) is -1.38. The number of hydrogen-bond donors (Lipinski definition) is 4. The Morgan fingerprint density at radius 3 is 2.47 bits per heavy atom. The number of nitrogens with zero attached hydrogens (tertiary/aromatic N) is 2. The number of carbonyl (C=O) groups excluding carboxylic acids is 2. The summed E-state index contributed by atoms with van der Waals surface area (Å²) in [6.45, 7) is 3.37. The van der Waals surface area contributed by atoms with Gasteiger partial charge in [0.1, 0.15) is 11.4 Å². The number of carbonyl (C=O) groups is 2. The molecule has 2 aromatic heterocycles. The SMILES string of the molecule is CC(C)(F)CC[C@H](C[C@H](O)[C@H](Cc1ccccc1)NC(=O)c1cnc2ccccc2n1)C(=O)NCCc1c[nH]c2ccccc12. The molecule has 0 bridgehead atoms. The molecule has 3 atom stereocenters. The molecule has 2 amide bonds. The number of para-hydroxylation sites is 3. The van der Waals surface area contributed by atoms with Crippen molar-refractivity contribution in [3.8, 4) is 0 Å². The summed E-state index contributed by atoms with van der Waals surface area (Å²) in [6.07, 6.45) is 3.68. The number of rotatable bonds is 14. The Morgan fingerprint density at radius 1 is 0.978 bits per heavy atom. The van der Waals surface area contributed by atoms with Crippen molar-refractivity contribution in [3.63, 3.8) is 0 Å². The van der Waals surface area contributed by atoms with Crippen molar-refractivity contribution in [1.82, 2.24) is 25.6 Å². The Bertz CT molecular complexity index is 1730. The van der Waals surface area contributed by atoms with Crippen LogP contribution in [0.1, 0.15) is 54.7 Å². The Morgan fingerprint density at radius 2 is 1.69 bits per heavy atom. The number of aromatic amines is 1. The fourth-order valence-electron chi connectivity index (χ4n) is 5.59. The zero-order valence-electron chi connectivity index (χ0n) is 25.7. The number of aliphatic hydroxyl groups is 1. The first-order chi connectivity index (χ1) is 21.7. The third kappa shape index (κ3) is 8.73. The van der Waals surface area contributed by atoms with Crippen molar-refractivity contribution in [2.75, 3.05) is 6.54 Å². The number of aromatic nitrogens is 3. The van der Waals surface area contributed by atoms with Gasteiger partial charge >= 0.3 is 0 Å². The van der Waals surface area contributed by atoms with Gasteiger partial charge in [-0.1, -0.05) is 60.7 Å². The normalized spacial score (nSPS) is 13.8. The van der Waals surface area contributed by atoms with Gasteiger partial charge < -0.3 is 20.7 Å². The minimum Gasteiger partial charge on any atom is -0.391 e. The Kier molecular flexibility index (Phi) is 10.2. The molecule has 9 heteroatoms. The first kappa shape index (κ1) is 31.8. The molecule has 45 heavy (non-hydrogen) atoms. The average Bonchev–Trinajstić information content (AvgIpc) is 3.45. The second kappa shape index (κ2) is 14.4. The molecule has 0 unspecified atom stereocenters. The molecule has 234 valence electrons. The van der Waals surface area contributed by atoms with Gasteiger partial charge in [-0.15, -0.1) is 0 Å². The number of amides is 2. The zero-order chi connectivity index (χ0) is 31.8. The fourth-order valence-corrected chi connectivity index (χ4v) is 5.59. The van der Waals surface area contributed by atoms with Crippen molar-refractivity contribution < 1.29 is 19.1 Å². The van der Waals surface area contributed by atoms with E-state index < -0.39 is 29.6 Å². The molecule has 4 N–H and O–H groups in total. The van der Waals surface area contributed by atoms with Crippen molar-refractivity contribution >= 4 is 33.8 Å². The first-order valence-electron chi connectivity index (χ1n) is 15.4. The van der Waals surface area contributed by atoms with Crippen LogP contribution in [-0.2, 0) is 17.6 Å². The predicted octanol–water partition coefficient (Wildman–Crippen LogP) is 5.71. The summed E-state index contributed by atoms with van der Waals surface area (Å²) in [5.41, 5.74) is 2.95. The lowest BCUT2D eigenvalue weighted by molar-refractivity contribution is -0.126. The summed E-state index contributed by atoms with van der Waals surface area (Å²) in [5, 5.41) is 18.6. The largest absolute Gasteiger partial charge is 0.391 e. The Balaban J connectivity index is 1.30. The van der Waals surface area contributed by atoms with Crippen LogP contribution < -0.4 is 10.6 Å².